The second-order valence-corrected chi connectivity index (χ2v) is 8.53. The summed E-state index contributed by atoms with van der Waals surface area (Å²) in [5.41, 5.74) is 1.05. The molecule has 1 atom stereocenters. The van der Waals surface area contributed by atoms with E-state index in [9.17, 15) is 13.6 Å². The number of nitrogens with zero attached hydrogens (tertiary/aromatic N) is 2. The molecule has 6 heteroatoms. The Balaban J connectivity index is 1.61. The van der Waals surface area contributed by atoms with Gasteiger partial charge in [-0.2, -0.15) is 0 Å². The Kier molecular flexibility index (Phi) is 7.65. The zero-order valence-electron chi connectivity index (χ0n) is 18.6. The number of hydrogen-bond donors (Lipinski definition) is 0. The number of benzene rings is 2. The number of carbonyl (C=O) groups excluding carboxylic acids is 1. The number of methoxy groups -OCH3 is 1. The molecule has 1 heterocycles. The van der Waals surface area contributed by atoms with Crippen molar-refractivity contribution in [2.45, 2.75) is 32.1 Å². The second kappa shape index (κ2) is 10.2. The molecular formula is C25H32F2N2O2. The summed E-state index contributed by atoms with van der Waals surface area (Å²) in [4.78, 5) is 17.6. The number of anilines is 1. The largest absolute Gasteiger partial charge is 0.468 e. The van der Waals surface area contributed by atoms with E-state index < -0.39 is 5.41 Å². The van der Waals surface area contributed by atoms with Crippen LogP contribution in [-0.4, -0.2) is 50.7 Å². The van der Waals surface area contributed by atoms with Crippen molar-refractivity contribution in [2.75, 3.05) is 44.7 Å². The first-order valence-electron chi connectivity index (χ1n) is 10.9. The lowest BCUT2D eigenvalue weighted by atomic mass is 9.68. The topological polar surface area (TPSA) is 32.8 Å². The van der Waals surface area contributed by atoms with Crippen LogP contribution >= 0.6 is 0 Å². The molecule has 0 N–H and O–H groups in total. The monoisotopic (exact) mass is 430 g/mol. The molecule has 1 saturated heterocycles. The molecule has 31 heavy (non-hydrogen) atoms. The van der Waals surface area contributed by atoms with Gasteiger partial charge in [0.05, 0.1) is 12.5 Å². The highest BCUT2D eigenvalue weighted by atomic mass is 19.1. The van der Waals surface area contributed by atoms with E-state index in [1.54, 1.807) is 12.1 Å². The lowest BCUT2D eigenvalue weighted by Crippen LogP contribution is -2.47. The van der Waals surface area contributed by atoms with E-state index in [-0.39, 0.29) is 23.5 Å². The number of rotatable bonds is 8. The Morgan fingerprint density at radius 3 is 2.03 bits per heavy atom. The standard InChI is InChI=1S/C25H32F2N2O2/c1-19(2)25(24(30)31-3,20-5-7-21(26)8-6-20)13-4-14-28-15-17-29(18-16-28)23-11-9-22(27)10-12-23/h5-12,19H,4,13-18H2,1-3H3. The highest BCUT2D eigenvalue weighted by molar-refractivity contribution is 5.83. The third kappa shape index (κ3) is 5.24. The maximum absolute atomic E-state index is 13.5. The quantitative estimate of drug-likeness (QED) is 0.572. The molecule has 3 rings (SSSR count). The van der Waals surface area contributed by atoms with Gasteiger partial charge in [0.25, 0.3) is 0 Å². The van der Waals surface area contributed by atoms with Gasteiger partial charge < -0.3 is 9.64 Å². The van der Waals surface area contributed by atoms with Gasteiger partial charge in [0.2, 0.25) is 0 Å². The molecule has 0 radical (unpaired) electrons. The Hall–Kier alpha value is -2.47. The maximum Gasteiger partial charge on any atom is 0.316 e. The van der Waals surface area contributed by atoms with Gasteiger partial charge in [-0.05, 0) is 67.3 Å². The molecule has 4 nitrogen and oxygen atoms in total. The zero-order chi connectivity index (χ0) is 22.4. The molecule has 168 valence electrons. The molecule has 1 aliphatic heterocycles. The van der Waals surface area contributed by atoms with Gasteiger partial charge in [0.1, 0.15) is 11.6 Å². The fourth-order valence-electron chi connectivity index (χ4n) is 4.61. The minimum atomic E-state index is -0.793. The van der Waals surface area contributed by atoms with Gasteiger partial charge in [-0.15, -0.1) is 0 Å². The first-order valence-corrected chi connectivity index (χ1v) is 10.9. The fourth-order valence-corrected chi connectivity index (χ4v) is 4.61. The van der Waals surface area contributed by atoms with E-state index >= 15 is 0 Å². The van der Waals surface area contributed by atoms with Crippen LogP contribution in [0.5, 0.6) is 0 Å². The van der Waals surface area contributed by atoms with Crippen LogP contribution in [0.15, 0.2) is 48.5 Å². The van der Waals surface area contributed by atoms with E-state index in [2.05, 4.69) is 9.80 Å². The number of esters is 1. The summed E-state index contributed by atoms with van der Waals surface area (Å²) in [5, 5.41) is 0. The minimum absolute atomic E-state index is 0.0146. The third-order valence-electron chi connectivity index (χ3n) is 6.50. The van der Waals surface area contributed by atoms with E-state index in [1.807, 2.05) is 26.0 Å². The van der Waals surface area contributed by atoms with Crippen molar-refractivity contribution < 1.29 is 18.3 Å². The Morgan fingerprint density at radius 1 is 0.968 bits per heavy atom. The molecule has 0 aliphatic carbocycles. The highest BCUT2D eigenvalue weighted by Gasteiger charge is 2.44. The van der Waals surface area contributed by atoms with E-state index in [1.165, 1.54) is 31.4 Å². The molecular weight excluding hydrogens is 398 g/mol. The predicted octanol–water partition coefficient (Wildman–Crippen LogP) is 4.63. The summed E-state index contributed by atoms with van der Waals surface area (Å²) in [6.07, 6.45) is 1.47. The molecule has 0 amide bonds. The molecule has 0 aromatic heterocycles. The summed E-state index contributed by atoms with van der Waals surface area (Å²) >= 11 is 0. The molecule has 0 saturated carbocycles. The molecule has 1 aliphatic rings. The Morgan fingerprint density at radius 2 is 1.52 bits per heavy atom. The average molecular weight is 431 g/mol. The average Bonchev–Trinajstić information content (AvgIpc) is 2.78. The van der Waals surface area contributed by atoms with Crippen molar-refractivity contribution in [3.63, 3.8) is 0 Å². The van der Waals surface area contributed by atoms with Gasteiger partial charge in [-0.1, -0.05) is 26.0 Å². The van der Waals surface area contributed by atoms with Crippen molar-refractivity contribution in [2.24, 2.45) is 5.92 Å². The molecule has 1 fully saturated rings. The maximum atomic E-state index is 13.5. The fraction of sp³-hybridized carbons (Fsp3) is 0.480. The Labute approximate surface area is 183 Å². The van der Waals surface area contributed by atoms with E-state index in [4.69, 9.17) is 4.74 Å². The normalized spacial score (nSPS) is 16.9. The summed E-state index contributed by atoms with van der Waals surface area (Å²) < 4.78 is 31.8. The lowest BCUT2D eigenvalue weighted by Gasteiger charge is -2.38. The number of ether oxygens (including phenoxy) is 1. The van der Waals surface area contributed by atoms with Crippen molar-refractivity contribution >= 4 is 11.7 Å². The minimum Gasteiger partial charge on any atom is -0.468 e. The van der Waals surface area contributed by atoms with Crippen LogP contribution in [0.2, 0.25) is 0 Å². The SMILES string of the molecule is COC(=O)C(CCCN1CCN(c2ccc(F)cc2)CC1)(c1ccc(F)cc1)C(C)C. The van der Waals surface area contributed by atoms with Crippen molar-refractivity contribution in [1.82, 2.24) is 4.90 Å². The summed E-state index contributed by atoms with van der Waals surface area (Å²) in [7, 11) is 1.41. The van der Waals surface area contributed by atoms with Crippen molar-refractivity contribution in [3.05, 3.63) is 65.7 Å². The Bertz CT molecular complexity index is 847. The molecule has 1 unspecified atom stereocenters. The van der Waals surface area contributed by atoms with Crippen LogP contribution < -0.4 is 4.90 Å². The smallest absolute Gasteiger partial charge is 0.316 e. The van der Waals surface area contributed by atoms with Crippen molar-refractivity contribution in [3.8, 4) is 0 Å². The molecule has 2 aromatic rings. The third-order valence-corrected chi connectivity index (χ3v) is 6.50. The number of carbonyl (C=O) groups is 1. The van der Waals surface area contributed by atoms with Crippen LogP contribution in [0, 0.1) is 17.6 Å². The van der Waals surface area contributed by atoms with Gasteiger partial charge in [-0.25, -0.2) is 8.78 Å². The number of hydrogen-bond acceptors (Lipinski definition) is 4. The van der Waals surface area contributed by atoms with E-state index in [0.29, 0.717) is 6.42 Å². The summed E-state index contributed by atoms with van der Waals surface area (Å²) in [6.45, 7) is 8.51. The second-order valence-electron chi connectivity index (χ2n) is 8.53. The first kappa shape index (κ1) is 23.2. The van der Waals surface area contributed by atoms with Crippen molar-refractivity contribution in [1.29, 1.82) is 0 Å². The molecule has 2 aromatic carbocycles. The molecule has 0 spiro atoms. The first-order chi connectivity index (χ1) is 14.9. The highest BCUT2D eigenvalue weighted by Crippen LogP contribution is 2.38. The predicted molar refractivity (Wildman–Crippen MR) is 119 cm³/mol. The zero-order valence-corrected chi connectivity index (χ0v) is 18.6. The number of piperazine rings is 1. The van der Waals surface area contributed by atoms with Gasteiger partial charge in [0.15, 0.2) is 0 Å². The van der Waals surface area contributed by atoms with Crippen LogP contribution in [0.1, 0.15) is 32.3 Å². The van der Waals surface area contributed by atoms with Crippen LogP contribution in [0.4, 0.5) is 14.5 Å². The summed E-state index contributed by atoms with van der Waals surface area (Å²) in [6, 6.07) is 12.8. The van der Waals surface area contributed by atoms with Gasteiger partial charge >= 0.3 is 5.97 Å². The number of halogens is 2. The van der Waals surface area contributed by atoms with Crippen LogP contribution in [0.25, 0.3) is 0 Å². The lowest BCUT2D eigenvalue weighted by molar-refractivity contribution is -0.150. The van der Waals surface area contributed by atoms with E-state index in [0.717, 1.165) is 50.4 Å². The van der Waals surface area contributed by atoms with Gasteiger partial charge in [-0.3, -0.25) is 9.69 Å². The van der Waals surface area contributed by atoms with Crippen LogP contribution in [0.3, 0.4) is 0 Å². The molecule has 0 bridgehead atoms. The summed E-state index contributed by atoms with van der Waals surface area (Å²) in [5.74, 6) is -0.788. The van der Waals surface area contributed by atoms with Gasteiger partial charge in [0, 0.05) is 31.9 Å². The van der Waals surface area contributed by atoms with Crippen LogP contribution in [-0.2, 0) is 14.9 Å².